The highest BCUT2D eigenvalue weighted by Crippen LogP contribution is 2.45. The van der Waals surface area contributed by atoms with Crippen molar-refractivity contribution in [3.8, 4) is 0 Å². The zero-order chi connectivity index (χ0) is 37.7. The lowest BCUT2D eigenvalue weighted by atomic mass is 9.84. The number of methoxy groups -OCH3 is 1. The molecule has 0 radical (unpaired) electrons. The van der Waals surface area contributed by atoms with Gasteiger partial charge in [-0.25, -0.2) is 0 Å². The second kappa shape index (κ2) is 22.4. The van der Waals surface area contributed by atoms with Gasteiger partial charge in [0.25, 0.3) is 0 Å². The van der Waals surface area contributed by atoms with Crippen molar-refractivity contribution in [3.05, 3.63) is 0 Å². The van der Waals surface area contributed by atoms with Crippen LogP contribution in [0.1, 0.15) is 123 Å². The van der Waals surface area contributed by atoms with E-state index in [9.17, 15) is 0 Å². The third kappa shape index (κ3) is 14.2. The minimum atomic E-state index is -2.53. The van der Waals surface area contributed by atoms with Crippen LogP contribution < -0.4 is 0 Å². The monoisotopic (exact) mass is 804 g/mol. The van der Waals surface area contributed by atoms with Gasteiger partial charge in [-0.15, -0.1) is 0 Å². The molecule has 310 valence electrons. The molecule has 3 saturated carbocycles. The van der Waals surface area contributed by atoms with Gasteiger partial charge in [-0.2, -0.15) is 0 Å². The summed E-state index contributed by atoms with van der Waals surface area (Å²) in [6, 6.07) is 3.21. The first-order valence-corrected chi connectivity index (χ1v) is 26.9. The Morgan fingerprint density at radius 2 is 1.08 bits per heavy atom. The highest BCUT2D eigenvalue weighted by atomic mass is 28.4. The molecular weight excluding hydrogens is 729 g/mol. The Bertz CT molecular complexity index is 1020. The van der Waals surface area contributed by atoms with E-state index in [0.717, 1.165) is 68.7 Å². The number of rotatable bonds is 20. The van der Waals surface area contributed by atoms with E-state index < -0.39 is 33.2 Å². The fourth-order valence-electron chi connectivity index (χ4n) is 9.49. The molecule has 0 aromatic carbocycles. The molecule has 0 bridgehead atoms. The van der Waals surface area contributed by atoms with Crippen LogP contribution in [-0.4, -0.2) is 119 Å². The summed E-state index contributed by atoms with van der Waals surface area (Å²) in [5.41, 5.74) is 0. The summed E-state index contributed by atoms with van der Waals surface area (Å²) < 4.78 is 62.0. The van der Waals surface area contributed by atoms with Crippen molar-refractivity contribution >= 4 is 27.4 Å². The standard InChI is InChI=1S/C15H28O5Si.C13H26O3Si.C11H22O3Si/c1-16-15(8-4-10-21(17-2,18-3)20-15)9-7-12-5-6-13-14(11-12)19-13;1-3-14-17(15-4-2)9-5-6-11-7-8-12-13(10-11)16-12;1-12-15(13-2)7-3-4-9-5-6-10-11(8-9)14-10/h12-14H,4-11H2,1-3H3;11-13,17H,3-10H2,1-2H3;9-11,15H,3-8H2,1-2H3. The quantitative estimate of drug-likeness (QED) is 0.0921. The number of epoxide rings is 3. The van der Waals surface area contributed by atoms with Gasteiger partial charge in [0.05, 0.1) is 36.6 Å². The highest BCUT2D eigenvalue weighted by Gasteiger charge is 2.52. The Hall–Kier alpha value is 0.211. The molecule has 14 heteroatoms. The maximum Gasteiger partial charge on any atom is 0.502 e. The molecule has 10 unspecified atom stereocenters. The Morgan fingerprint density at radius 1 is 0.604 bits per heavy atom. The van der Waals surface area contributed by atoms with Gasteiger partial charge in [0.15, 0.2) is 5.79 Å². The minimum absolute atomic E-state index is 0.516. The van der Waals surface area contributed by atoms with E-state index in [4.69, 9.17) is 49.9 Å². The van der Waals surface area contributed by atoms with E-state index in [1.807, 2.05) is 0 Å². The van der Waals surface area contributed by atoms with E-state index in [1.165, 1.54) is 89.5 Å². The van der Waals surface area contributed by atoms with Crippen molar-refractivity contribution in [1.82, 2.24) is 0 Å². The van der Waals surface area contributed by atoms with Gasteiger partial charge in [0.2, 0.25) is 0 Å². The zero-order valence-corrected chi connectivity index (χ0v) is 37.7. The summed E-state index contributed by atoms with van der Waals surface area (Å²) in [5.74, 6) is 2.03. The molecular formula is C39H76O11Si3. The second-order valence-corrected chi connectivity index (χ2v) is 23.8. The third-order valence-corrected chi connectivity index (χ3v) is 20.1. The van der Waals surface area contributed by atoms with Crippen molar-refractivity contribution in [1.29, 1.82) is 0 Å². The van der Waals surface area contributed by atoms with Gasteiger partial charge < -0.3 is 49.9 Å². The number of ether oxygens (including phenoxy) is 4. The van der Waals surface area contributed by atoms with Crippen LogP contribution >= 0.6 is 0 Å². The second-order valence-electron chi connectivity index (χ2n) is 16.5. The first-order chi connectivity index (χ1) is 25.8. The van der Waals surface area contributed by atoms with Gasteiger partial charge in [0.1, 0.15) is 0 Å². The lowest BCUT2D eigenvalue weighted by Crippen LogP contribution is -2.56. The minimum Gasteiger partial charge on any atom is -0.400 e. The molecule has 7 aliphatic rings. The van der Waals surface area contributed by atoms with Crippen LogP contribution in [0, 0.1) is 17.8 Å². The molecule has 4 heterocycles. The zero-order valence-electron chi connectivity index (χ0n) is 34.4. The van der Waals surface area contributed by atoms with E-state index in [-0.39, 0.29) is 0 Å². The molecule has 11 nitrogen and oxygen atoms in total. The predicted molar refractivity (Wildman–Crippen MR) is 212 cm³/mol. The van der Waals surface area contributed by atoms with Crippen LogP contribution in [0.25, 0.3) is 0 Å². The summed E-state index contributed by atoms with van der Waals surface area (Å²) >= 11 is 0. The van der Waals surface area contributed by atoms with Crippen molar-refractivity contribution in [2.45, 2.75) is 184 Å². The summed E-state index contributed by atoms with van der Waals surface area (Å²) in [5, 5.41) is 0. The van der Waals surface area contributed by atoms with E-state index in [0.29, 0.717) is 36.6 Å². The van der Waals surface area contributed by atoms with Gasteiger partial charge in [-0.05, 0) is 114 Å². The molecule has 0 aromatic heterocycles. The summed E-state index contributed by atoms with van der Waals surface area (Å²) in [4.78, 5) is 0. The molecule has 0 spiro atoms. The SMILES string of the molecule is CCO[SiH](CCCC1CCC2OC2C1)OCC.COC1(CCC2CCC3OC3C2)CCC[Si](OC)(OC)O1.CO[SiH](CCCC1CCC2OC2C1)OC. The van der Waals surface area contributed by atoms with E-state index >= 15 is 0 Å². The van der Waals surface area contributed by atoms with Crippen LogP contribution in [0.3, 0.4) is 0 Å². The van der Waals surface area contributed by atoms with Crippen molar-refractivity contribution in [2.75, 3.05) is 48.8 Å². The first-order valence-electron chi connectivity index (χ1n) is 21.4. The Kier molecular flexibility index (Phi) is 18.7. The Labute approximate surface area is 326 Å². The topological polar surface area (TPSA) is 111 Å². The van der Waals surface area contributed by atoms with Crippen molar-refractivity contribution < 1.29 is 49.9 Å². The molecule has 53 heavy (non-hydrogen) atoms. The smallest absolute Gasteiger partial charge is 0.400 e. The van der Waals surface area contributed by atoms with Gasteiger partial charge in [0, 0.05) is 67.6 Å². The summed E-state index contributed by atoms with van der Waals surface area (Å²) in [7, 11) is 3.49. The third-order valence-electron chi connectivity index (χ3n) is 13.0. The maximum absolute atomic E-state index is 6.28. The number of hydrogen-bond acceptors (Lipinski definition) is 11. The van der Waals surface area contributed by atoms with Crippen molar-refractivity contribution in [3.63, 3.8) is 0 Å². The fraction of sp³-hybridized carbons (Fsp3) is 1.00. The largest absolute Gasteiger partial charge is 0.502 e. The van der Waals surface area contributed by atoms with E-state index in [1.54, 1.807) is 35.5 Å². The molecule has 3 aliphatic carbocycles. The molecule has 4 aliphatic heterocycles. The van der Waals surface area contributed by atoms with Crippen molar-refractivity contribution in [2.24, 2.45) is 17.8 Å². The lowest BCUT2D eigenvalue weighted by Gasteiger charge is -2.44. The van der Waals surface area contributed by atoms with Crippen LogP contribution in [0.5, 0.6) is 0 Å². The van der Waals surface area contributed by atoms with Crippen LogP contribution in [0.4, 0.5) is 0 Å². The molecule has 0 N–H and O–H groups in total. The first kappa shape index (κ1) is 44.3. The average Bonchev–Trinajstić information content (AvgIpc) is 4.09. The normalized spacial score (nSPS) is 36.3. The summed E-state index contributed by atoms with van der Waals surface area (Å²) in [6.07, 6.45) is 24.6. The van der Waals surface area contributed by atoms with Gasteiger partial charge >= 0.3 is 27.4 Å². The van der Waals surface area contributed by atoms with E-state index in [2.05, 4.69) is 13.8 Å². The lowest BCUT2D eigenvalue weighted by molar-refractivity contribution is -0.212. The fourth-order valence-corrected chi connectivity index (χ4v) is 14.8. The molecule has 10 atom stereocenters. The number of hydrogen-bond donors (Lipinski definition) is 0. The summed E-state index contributed by atoms with van der Waals surface area (Å²) in [6.45, 7) is 5.73. The molecule has 4 saturated heterocycles. The maximum atomic E-state index is 6.28. The van der Waals surface area contributed by atoms with Crippen LogP contribution in [0.2, 0.25) is 18.1 Å². The molecule has 7 fully saturated rings. The van der Waals surface area contributed by atoms with Crippen LogP contribution in [0.15, 0.2) is 0 Å². The average molecular weight is 805 g/mol. The van der Waals surface area contributed by atoms with Gasteiger partial charge in [-0.1, -0.05) is 25.7 Å². The Balaban J connectivity index is 0.000000156. The molecule has 7 rings (SSSR count). The highest BCUT2D eigenvalue weighted by molar-refractivity contribution is 6.60. The number of fused-ring (bicyclic) bond motifs is 3. The van der Waals surface area contributed by atoms with Gasteiger partial charge in [-0.3, -0.25) is 0 Å². The molecule has 0 aromatic rings. The Morgan fingerprint density at radius 3 is 1.49 bits per heavy atom. The van der Waals surface area contributed by atoms with Crippen LogP contribution in [-0.2, 0) is 49.9 Å². The predicted octanol–water partition coefficient (Wildman–Crippen LogP) is 7.19. The molecule has 0 amide bonds.